The lowest BCUT2D eigenvalue weighted by molar-refractivity contribution is -0.122. The van der Waals surface area contributed by atoms with Crippen molar-refractivity contribution in [2.75, 3.05) is 6.54 Å². The van der Waals surface area contributed by atoms with Gasteiger partial charge in [-0.25, -0.2) is 9.48 Å². The van der Waals surface area contributed by atoms with E-state index in [9.17, 15) is 9.59 Å². The van der Waals surface area contributed by atoms with Gasteiger partial charge in [0.2, 0.25) is 5.91 Å². The van der Waals surface area contributed by atoms with Crippen molar-refractivity contribution >= 4 is 11.9 Å². The van der Waals surface area contributed by atoms with E-state index >= 15 is 0 Å². The molecule has 1 heterocycles. The average molecular weight is 278 g/mol. The number of carboxylic acids is 1. The van der Waals surface area contributed by atoms with Gasteiger partial charge in [0.05, 0.1) is 12.7 Å². The molecule has 7 heteroatoms. The van der Waals surface area contributed by atoms with Crippen LogP contribution in [0, 0.1) is 17.8 Å². The van der Waals surface area contributed by atoms with Gasteiger partial charge in [-0.2, -0.15) is 0 Å². The van der Waals surface area contributed by atoms with Crippen molar-refractivity contribution in [2.24, 2.45) is 17.8 Å². The van der Waals surface area contributed by atoms with Crippen LogP contribution >= 0.6 is 0 Å². The SMILES string of the molecule is O=C(O)c1cn(CCNC(=O)C2C3CCCCC32)nn1. The third-order valence-electron chi connectivity index (χ3n) is 4.36. The zero-order valence-corrected chi connectivity index (χ0v) is 11.2. The molecule has 2 aliphatic rings. The number of nitrogens with one attached hydrogen (secondary N) is 1. The minimum atomic E-state index is -1.10. The number of amides is 1. The number of aromatic carboxylic acids is 1. The summed E-state index contributed by atoms with van der Waals surface area (Å²) in [5, 5.41) is 18.9. The van der Waals surface area contributed by atoms with Gasteiger partial charge in [0.1, 0.15) is 0 Å². The first-order valence-electron chi connectivity index (χ1n) is 7.08. The largest absolute Gasteiger partial charge is 0.476 e. The Kier molecular flexibility index (Phi) is 3.42. The minimum Gasteiger partial charge on any atom is -0.476 e. The number of hydrogen-bond acceptors (Lipinski definition) is 4. The molecular weight excluding hydrogens is 260 g/mol. The molecule has 0 aliphatic heterocycles. The van der Waals surface area contributed by atoms with E-state index in [0.29, 0.717) is 24.9 Å². The third-order valence-corrected chi connectivity index (χ3v) is 4.36. The fourth-order valence-corrected chi connectivity index (χ4v) is 3.30. The molecule has 0 spiro atoms. The van der Waals surface area contributed by atoms with Crippen molar-refractivity contribution in [3.8, 4) is 0 Å². The highest BCUT2D eigenvalue weighted by Gasteiger charge is 2.54. The van der Waals surface area contributed by atoms with Gasteiger partial charge in [0.25, 0.3) is 0 Å². The maximum Gasteiger partial charge on any atom is 0.358 e. The highest BCUT2D eigenvalue weighted by Crippen LogP contribution is 2.55. The predicted molar refractivity (Wildman–Crippen MR) is 68.9 cm³/mol. The summed E-state index contributed by atoms with van der Waals surface area (Å²) in [7, 11) is 0. The molecule has 3 rings (SSSR count). The van der Waals surface area contributed by atoms with Crippen molar-refractivity contribution in [1.29, 1.82) is 0 Å². The van der Waals surface area contributed by atoms with Crippen LogP contribution in [-0.4, -0.2) is 38.5 Å². The van der Waals surface area contributed by atoms with E-state index in [1.165, 1.54) is 36.6 Å². The molecule has 2 fully saturated rings. The Labute approximate surface area is 116 Å². The number of carboxylic acid groups (broad SMARTS) is 1. The summed E-state index contributed by atoms with van der Waals surface area (Å²) in [5.74, 6) is 0.466. The average Bonchev–Trinajstić information content (AvgIpc) is 2.97. The van der Waals surface area contributed by atoms with E-state index in [0.717, 1.165) is 0 Å². The van der Waals surface area contributed by atoms with Gasteiger partial charge in [-0.05, 0) is 24.7 Å². The van der Waals surface area contributed by atoms with E-state index < -0.39 is 5.97 Å². The Balaban J connectivity index is 1.43. The Morgan fingerprint density at radius 2 is 2.05 bits per heavy atom. The lowest BCUT2D eigenvalue weighted by Crippen LogP contribution is -2.29. The highest BCUT2D eigenvalue weighted by molar-refractivity contribution is 5.84. The van der Waals surface area contributed by atoms with Crippen LogP contribution in [0.25, 0.3) is 0 Å². The molecule has 0 saturated heterocycles. The highest BCUT2D eigenvalue weighted by atomic mass is 16.4. The zero-order valence-electron chi connectivity index (χ0n) is 11.2. The van der Waals surface area contributed by atoms with E-state index in [2.05, 4.69) is 15.6 Å². The molecule has 2 saturated carbocycles. The first kappa shape index (κ1) is 13.1. The van der Waals surface area contributed by atoms with Crippen molar-refractivity contribution in [3.63, 3.8) is 0 Å². The quantitative estimate of drug-likeness (QED) is 0.818. The van der Waals surface area contributed by atoms with Crippen LogP contribution in [0.1, 0.15) is 36.2 Å². The molecule has 2 atom stereocenters. The van der Waals surface area contributed by atoms with Crippen LogP contribution in [0.3, 0.4) is 0 Å². The van der Waals surface area contributed by atoms with Crippen molar-refractivity contribution in [2.45, 2.75) is 32.2 Å². The molecular formula is C13H18N4O3. The van der Waals surface area contributed by atoms with Gasteiger partial charge in [-0.15, -0.1) is 5.10 Å². The Bertz CT molecular complexity index is 515. The number of carbonyl (C=O) groups excluding carboxylic acids is 1. The maximum atomic E-state index is 12.0. The second-order valence-corrected chi connectivity index (χ2v) is 5.60. The standard InChI is InChI=1S/C13H18N4O3/c18-12(11-8-3-1-2-4-9(8)11)14-5-6-17-7-10(13(19)20)15-16-17/h7-9,11H,1-6H2,(H,14,18)(H,19,20). The molecule has 108 valence electrons. The first-order valence-corrected chi connectivity index (χ1v) is 7.08. The van der Waals surface area contributed by atoms with Crippen molar-refractivity contribution in [1.82, 2.24) is 20.3 Å². The molecule has 7 nitrogen and oxygen atoms in total. The van der Waals surface area contributed by atoms with Gasteiger partial charge in [0.15, 0.2) is 5.69 Å². The molecule has 2 N–H and O–H groups in total. The lowest BCUT2D eigenvalue weighted by atomic mass is 10.0. The second-order valence-electron chi connectivity index (χ2n) is 5.60. The van der Waals surface area contributed by atoms with Crippen LogP contribution in [0.4, 0.5) is 0 Å². The van der Waals surface area contributed by atoms with E-state index in [1.54, 1.807) is 0 Å². The van der Waals surface area contributed by atoms with Crippen LogP contribution in [0.2, 0.25) is 0 Å². The van der Waals surface area contributed by atoms with Crippen molar-refractivity contribution in [3.05, 3.63) is 11.9 Å². The second kappa shape index (κ2) is 5.22. The molecule has 20 heavy (non-hydrogen) atoms. The number of fused-ring (bicyclic) bond motifs is 1. The first-order chi connectivity index (χ1) is 9.66. The number of nitrogens with zero attached hydrogens (tertiary/aromatic N) is 3. The monoisotopic (exact) mass is 278 g/mol. The molecule has 1 amide bonds. The van der Waals surface area contributed by atoms with Gasteiger partial charge < -0.3 is 10.4 Å². The Morgan fingerprint density at radius 3 is 2.65 bits per heavy atom. The molecule has 0 radical (unpaired) electrons. The summed E-state index contributed by atoms with van der Waals surface area (Å²) >= 11 is 0. The van der Waals surface area contributed by atoms with Crippen LogP contribution in [-0.2, 0) is 11.3 Å². The summed E-state index contributed by atoms with van der Waals surface area (Å²) in [6, 6.07) is 0. The van der Waals surface area contributed by atoms with Gasteiger partial charge >= 0.3 is 5.97 Å². The Hall–Kier alpha value is -1.92. The summed E-state index contributed by atoms with van der Waals surface area (Å²) in [4.78, 5) is 22.7. The number of rotatable bonds is 5. The summed E-state index contributed by atoms with van der Waals surface area (Å²) in [5.41, 5.74) is -0.0791. The number of aromatic nitrogens is 3. The molecule has 1 aromatic heterocycles. The fourth-order valence-electron chi connectivity index (χ4n) is 3.30. The topological polar surface area (TPSA) is 97.1 Å². The Morgan fingerprint density at radius 1 is 1.35 bits per heavy atom. The molecule has 0 bridgehead atoms. The summed E-state index contributed by atoms with van der Waals surface area (Å²) in [6.07, 6.45) is 6.25. The number of carbonyl (C=O) groups is 2. The molecule has 0 aromatic carbocycles. The van der Waals surface area contributed by atoms with E-state index in [4.69, 9.17) is 5.11 Å². The molecule has 1 aromatic rings. The van der Waals surface area contributed by atoms with E-state index in [1.807, 2.05) is 0 Å². The van der Waals surface area contributed by atoms with Crippen molar-refractivity contribution < 1.29 is 14.7 Å². The predicted octanol–water partition coefficient (Wildman–Crippen LogP) is 0.529. The van der Waals surface area contributed by atoms with Gasteiger partial charge in [0, 0.05) is 12.5 Å². The normalized spacial score (nSPS) is 27.7. The zero-order chi connectivity index (χ0) is 14.1. The van der Waals surface area contributed by atoms with Crippen LogP contribution < -0.4 is 5.32 Å². The maximum absolute atomic E-state index is 12.0. The third kappa shape index (κ3) is 2.52. The number of hydrogen-bond donors (Lipinski definition) is 2. The minimum absolute atomic E-state index is 0.0791. The molecule has 2 aliphatic carbocycles. The van der Waals surface area contributed by atoms with Gasteiger partial charge in [-0.1, -0.05) is 18.1 Å². The smallest absolute Gasteiger partial charge is 0.358 e. The summed E-state index contributed by atoms with van der Waals surface area (Å²) in [6.45, 7) is 0.894. The van der Waals surface area contributed by atoms with Gasteiger partial charge in [-0.3, -0.25) is 4.79 Å². The molecule has 2 unspecified atom stereocenters. The van der Waals surface area contributed by atoms with Crippen LogP contribution in [0.15, 0.2) is 6.20 Å². The fraction of sp³-hybridized carbons (Fsp3) is 0.692. The lowest BCUT2D eigenvalue weighted by Gasteiger charge is -2.04. The summed E-state index contributed by atoms with van der Waals surface area (Å²) < 4.78 is 1.43. The van der Waals surface area contributed by atoms with Crippen LogP contribution in [0.5, 0.6) is 0 Å². The van der Waals surface area contributed by atoms with E-state index in [-0.39, 0.29) is 17.5 Å².